The van der Waals surface area contributed by atoms with Gasteiger partial charge in [-0.05, 0) is 66.6 Å². The van der Waals surface area contributed by atoms with Crippen LogP contribution < -0.4 is 15.8 Å². The van der Waals surface area contributed by atoms with Crippen LogP contribution in [-0.4, -0.2) is 34.6 Å². The number of aromatic nitrogens is 3. The van der Waals surface area contributed by atoms with Gasteiger partial charge in [0, 0.05) is 50.8 Å². The molecule has 2 N–H and O–H groups in total. The number of anilines is 2. The summed E-state index contributed by atoms with van der Waals surface area (Å²) < 4.78 is 6.22. The molecule has 37 heavy (non-hydrogen) atoms. The lowest BCUT2D eigenvalue weighted by Gasteiger charge is -2.35. The van der Waals surface area contributed by atoms with Gasteiger partial charge in [-0.2, -0.15) is 0 Å². The number of benzene rings is 2. The molecule has 0 aliphatic carbocycles. The molecular formula is C27H24ClN5O2S2. The van der Waals surface area contributed by atoms with Crippen LogP contribution in [0.25, 0.3) is 0 Å². The summed E-state index contributed by atoms with van der Waals surface area (Å²) in [5.74, 6) is 0. The molecule has 0 amide bonds. The molecule has 0 saturated carbocycles. The molecule has 2 aliphatic heterocycles. The van der Waals surface area contributed by atoms with Crippen LogP contribution in [-0.2, 0) is 4.74 Å². The number of fused-ring (bicyclic) bond motifs is 2. The van der Waals surface area contributed by atoms with Crippen LogP contribution in [0.4, 0.5) is 11.4 Å². The second-order valence-electron chi connectivity index (χ2n) is 8.85. The smallest absolute Gasteiger partial charge is 0.271 e. The highest BCUT2D eigenvalue weighted by atomic mass is 35.5. The summed E-state index contributed by atoms with van der Waals surface area (Å²) in [6, 6.07) is 18.4. The molecule has 2 aromatic carbocycles. The molecule has 7 nitrogen and oxygen atoms in total. The van der Waals surface area contributed by atoms with Gasteiger partial charge in [0.25, 0.3) is 5.56 Å². The lowest BCUT2D eigenvalue weighted by atomic mass is 10.1. The first-order valence-electron chi connectivity index (χ1n) is 12.0. The van der Waals surface area contributed by atoms with Crippen molar-refractivity contribution in [3.8, 4) is 0 Å². The molecule has 4 aromatic rings. The number of halogens is 1. The zero-order valence-corrected chi connectivity index (χ0v) is 22.4. The summed E-state index contributed by atoms with van der Waals surface area (Å²) >= 11 is 9.51. The Morgan fingerprint density at radius 3 is 2.92 bits per heavy atom. The van der Waals surface area contributed by atoms with E-state index in [1.165, 1.54) is 19.6 Å². The standard InChI is InChI=1S/C27H24ClN5O2S2/c1-16(19-9-11-30-27(28)32-19)31-17-7-8-22-24(14-17)36-23-6-2-4-18(25(23)37-22)21-15-33(12-13-35-21)20-5-3-10-29-26(20)34/h2-11,14,16,21,31H,12-13,15H2,1H3,(H,29,34). The van der Waals surface area contributed by atoms with Gasteiger partial charge < -0.3 is 19.9 Å². The molecule has 10 heteroatoms. The van der Waals surface area contributed by atoms with Gasteiger partial charge in [0.15, 0.2) is 0 Å². The molecule has 6 rings (SSSR count). The largest absolute Gasteiger partial charge is 0.377 e. The zero-order valence-electron chi connectivity index (χ0n) is 20.0. The maximum atomic E-state index is 12.4. The van der Waals surface area contributed by atoms with Gasteiger partial charge >= 0.3 is 0 Å². The minimum atomic E-state index is -0.112. The van der Waals surface area contributed by atoms with Gasteiger partial charge in [0.1, 0.15) is 11.8 Å². The number of nitrogens with zero attached hydrogens (tertiary/aromatic N) is 3. The normalized spacial score (nSPS) is 17.6. The molecule has 2 aliphatic rings. The van der Waals surface area contributed by atoms with E-state index in [4.69, 9.17) is 16.3 Å². The van der Waals surface area contributed by atoms with Crippen molar-refractivity contribution in [3.63, 3.8) is 0 Å². The van der Waals surface area contributed by atoms with E-state index in [1.54, 1.807) is 35.9 Å². The second-order valence-corrected chi connectivity index (χ2v) is 11.3. The number of nitrogens with one attached hydrogen (secondary N) is 2. The van der Waals surface area contributed by atoms with Crippen molar-refractivity contribution in [1.29, 1.82) is 0 Å². The topological polar surface area (TPSA) is 83.1 Å². The van der Waals surface area contributed by atoms with Crippen molar-refractivity contribution in [1.82, 2.24) is 15.0 Å². The van der Waals surface area contributed by atoms with Gasteiger partial charge in [0.05, 0.1) is 18.3 Å². The van der Waals surface area contributed by atoms with Gasteiger partial charge in [-0.25, -0.2) is 9.97 Å². The Morgan fingerprint density at radius 1 is 1.14 bits per heavy atom. The summed E-state index contributed by atoms with van der Waals surface area (Å²) in [6.07, 6.45) is 3.22. The third-order valence-electron chi connectivity index (χ3n) is 6.41. The van der Waals surface area contributed by atoms with Crippen molar-refractivity contribution in [3.05, 3.63) is 93.9 Å². The van der Waals surface area contributed by atoms with E-state index < -0.39 is 0 Å². The number of morpholine rings is 1. The molecule has 4 heterocycles. The van der Waals surface area contributed by atoms with E-state index in [1.807, 2.05) is 18.2 Å². The van der Waals surface area contributed by atoms with E-state index in [9.17, 15) is 4.79 Å². The van der Waals surface area contributed by atoms with Crippen LogP contribution >= 0.6 is 35.1 Å². The van der Waals surface area contributed by atoms with Gasteiger partial charge in [-0.3, -0.25) is 4.79 Å². The Kier molecular flexibility index (Phi) is 6.86. The minimum Gasteiger partial charge on any atom is -0.377 e. The summed E-state index contributed by atoms with van der Waals surface area (Å²) in [6.45, 7) is 3.95. The minimum absolute atomic E-state index is 0.0121. The molecule has 188 valence electrons. The maximum absolute atomic E-state index is 12.4. The third-order valence-corrected chi connectivity index (χ3v) is 9.20. The summed E-state index contributed by atoms with van der Waals surface area (Å²) in [7, 11) is 0. The fourth-order valence-corrected chi connectivity index (χ4v) is 7.20. The monoisotopic (exact) mass is 549 g/mol. The highest BCUT2D eigenvalue weighted by Crippen LogP contribution is 2.52. The number of ether oxygens (including phenoxy) is 1. The maximum Gasteiger partial charge on any atom is 0.271 e. The Labute approximate surface area is 228 Å². The van der Waals surface area contributed by atoms with Gasteiger partial charge in [-0.1, -0.05) is 35.7 Å². The van der Waals surface area contributed by atoms with Crippen LogP contribution in [0.2, 0.25) is 5.28 Å². The van der Waals surface area contributed by atoms with Crippen molar-refractivity contribution >= 4 is 46.5 Å². The zero-order chi connectivity index (χ0) is 25.4. The highest BCUT2D eigenvalue weighted by Gasteiger charge is 2.29. The first kappa shape index (κ1) is 24.4. The molecule has 2 aromatic heterocycles. The van der Waals surface area contributed by atoms with E-state index >= 15 is 0 Å². The van der Waals surface area contributed by atoms with Crippen molar-refractivity contribution in [2.45, 2.75) is 38.7 Å². The van der Waals surface area contributed by atoms with E-state index in [0.717, 1.165) is 16.9 Å². The summed E-state index contributed by atoms with van der Waals surface area (Å²) in [4.78, 5) is 30.4. The van der Waals surface area contributed by atoms with E-state index in [-0.39, 0.29) is 23.0 Å². The molecule has 1 fully saturated rings. The lowest BCUT2D eigenvalue weighted by molar-refractivity contribution is 0.0378. The summed E-state index contributed by atoms with van der Waals surface area (Å²) in [5.41, 5.74) is 3.64. The molecule has 2 unspecified atom stereocenters. The van der Waals surface area contributed by atoms with Gasteiger partial charge in [0.2, 0.25) is 5.28 Å². The van der Waals surface area contributed by atoms with E-state index in [0.29, 0.717) is 25.4 Å². The van der Waals surface area contributed by atoms with Crippen molar-refractivity contribution < 1.29 is 4.74 Å². The first-order chi connectivity index (χ1) is 18.0. The predicted octanol–water partition coefficient (Wildman–Crippen LogP) is 6.19. The predicted molar refractivity (Wildman–Crippen MR) is 148 cm³/mol. The number of rotatable bonds is 5. The molecule has 2 atom stereocenters. The fourth-order valence-electron chi connectivity index (χ4n) is 4.60. The van der Waals surface area contributed by atoms with E-state index in [2.05, 4.69) is 68.5 Å². The summed E-state index contributed by atoms with van der Waals surface area (Å²) in [5, 5.41) is 3.77. The average Bonchev–Trinajstić information content (AvgIpc) is 2.92. The van der Waals surface area contributed by atoms with Crippen molar-refractivity contribution in [2.75, 3.05) is 29.9 Å². The average molecular weight is 550 g/mol. The Balaban J connectivity index is 1.22. The quantitative estimate of drug-likeness (QED) is 0.251. The molecule has 0 bridgehead atoms. The van der Waals surface area contributed by atoms with Crippen LogP contribution in [0.5, 0.6) is 0 Å². The SMILES string of the molecule is CC(Nc1ccc2c(c1)Sc1cccc(C3CN(c4ccc[nH]c4=O)CCO3)c1S2)c1ccnc(Cl)n1. The first-order valence-corrected chi connectivity index (χ1v) is 14.0. The highest BCUT2D eigenvalue weighted by molar-refractivity contribution is 8.05. The molecule has 1 saturated heterocycles. The Morgan fingerprint density at radius 2 is 2.05 bits per heavy atom. The lowest BCUT2D eigenvalue weighted by Crippen LogP contribution is -2.41. The number of pyridine rings is 1. The Bertz CT molecular complexity index is 1510. The number of hydrogen-bond acceptors (Lipinski definition) is 8. The van der Waals surface area contributed by atoms with Crippen molar-refractivity contribution in [2.24, 2.45) is 0 Å². The van der Waals surface area contributed by atoms with Crippen LogP contribution in [0.1, 0.15) is 30.3 Å². The number of aromatic amines is 1. The fraction of sp³-hybridized carbons (Fsp3) is 0.222. The third kappa shape index (κ3) is 5.09. The molecular weight excluding hydrogens is 526 g/mol. The second kappa shape index (κ2) is 10.4. The number of hydrogen-bond donors (Lipinski definition) is 2. The Hall–Kier alpha value is -2.98. The van der Waals surface area contributed by atoms with Gasteiger partial charge in [-0.15, -0.1) is 0 Å². The van der Waals surface area contributed by atoms with Crippen LogP contribution in [0.3, 0.4) is 0 Å². The molecule has 0 spiro atoms. The molecule has 0 radical (unpaired) electrons. The van der Waals surface area contributed by atoms with Crippen LogP contribution in [0, 0.1) is 0 Å². The number of H-pyrrole nitrogens is 1. The van der Waals surface area contributed by atoms with Crippen LogP contribution in [0.15, 0.2) is 91.4 Å².